The van der Waals surface area contributed by atoms with E-state index in [-0.39, 0.29) is 18.5 Å². The molecule has 0 aliphatic carbocycles. The first-order chi connectivity index (χ1) is 8.00. The zero-order chi connectivity index (χ0) is 12.5. The summed E-state index contributed by atoms with van der Waals surface area (Å²) in [5.74, 6) is 0.191. The number of hydrogen-bond acceptors (Lipinski definition) is 6. The van der Waals surface area contributed by atoms with Crippen LogP contribution in [0.2, 0.25) is 0 Å². The molecule has 2 rings (SSSR count). The van der Waals surface area contributed by atoms with Crippen molar-refractivity contribution in [3.05, 3.63) is 5.89 Å². The molecule has 0 atom stereocenters. The fourth-order valence-corrected chi connectivity index (χ4v) is 1.83. The summed E-state index contributed by atoms with van der Waals surface area (Å²) >= 11 is 0. The van der Waals surface area contributed by atoms with Gasteiger partial charge in [0.15, 0.2) is 0 Å². The van der Waals surface area contributed by atoms with Crippen LogP contribution in [0.3, 0.4) is 0 Å². The largest absolute Gasteiger partial charge is 0.408 e. The van der Waals surface area contributed by atoms with Crippen LogP contribution in [0.25, 0.3) is 0 Å². The van der Waals surface area contributed by atoms with E-state index < -0.39 is 5.60 Å². The standard InChI is InChI=1S/C10H16N4O3/c1-3-10(16)5-14(6-10)4-8(15)11-9-13-12-7(2)17-9/h16H,3-6H2,1-2H3,(H,11,13,15). The van der Waals surface area contributed by atoms with Crippen molar-refractivity contribution in [2.45, 2.75) is 25.9 Å². The summed E-state index contributed by atoms with van der Waals surface area (Å²) < 4.78 is 5.03. The summed E-state index contributed by atoms with van der Waals surface area (Å²) in [6, 6.07) is 0.110. The number of rotatable bonds is 4. The Morgan fingerprint density at radius 3 is 2.82 bits per heavy atom. The number of nitrogens with one attached hydrogen (secondary N) is 1. The Labute approximate surface area is 98.8 Å². The van der Waals surface area contributed by atoms with Crippen LogP contribution in [-0.2, 0) is 4.79 Å². The Hall–Kier alpha value is -1.47. The maximum atomic E-state index is 11.6. The molecule has 2 N–H and O–H groups in total. The number of nitrogens with zero attached hydrogens (tertiary/aromatic N) is 3. The first-order valence-electron chi connectivity index (χ1n) is 5.55. The van der Waals surface area contributed by atoms with Crippen molar-refractivity contribution in [3.8, 4) is 0 Å². The van der Waals surface area contributed by atoms with Gasteiger partial charge >= 0.3 is 6.01 Å². The van der Waals surface area contributed by atoms with E-state index in [0.717, 1.165) is 0 Å². The fourth-order valence-electron chi connectivity index (χ4n) is 1.83. The van der Waals surface area contributed by atoms with Crippen molar-refractivity contribution >= 4 is 11.9 Å². The van der Waals surface area contributed by atoms with Crippen molar-refractivity contribution in [2.75, 3.05) is 25.0 Å². The van der Waals surface area contributed by atoms with Gasteiger partial charge < -0.3 is 9.52 Å². The number of aryl methyl sites for hydroxylation is 1. The highest BCUT2D eigenvalue weighted by Crippen LogP contribution is 2.23. The predicted octanol–water partition coefficient (Wildman–Crippen LogP) is -0.227. The Morgan fingerprint density at radius 1 is 1.59 bits per heavy atom. The Morgan fingerprint density at radius 2 is 2.29 bits per heavy atom. The van der Waals surface area contributed by atoms with Gasteiger partial charge in [-0.2, -0.15) is 0 Å². The van der Waals surface area contributed by atoms with Crippen LogP contribution in [0.15, 0.2) is 4.42 Å². The van der Waals surface area contributed by atoms with Crippen LogP contribution in [0.4, 0.5) is 6.01 Å². The number of aliphatic hydroxyl groups is 1. The third-order valence-corrected chi connectivity index (χ3v) is 2.83. The van der Waals surface area contributed by atoms with E-state index in [1.807, 2.05) is 11.8 Å². The highest BCUT2D eigenvalue weighted by molar-refractivity contribution is 5.90. The van der Waals surface area contributed by atoms with Crippen molar-refractivity contribution in [2.24, 2.45) is 0 Å². The summed E-state index contributed by atoms with van der Waals surface area (Å²) in [6.45, 7) is 4.86. The lowest BCUT2D eigenvalue weighted by atomic mass is 9.91. The highest BCUT2D eigenvalue weighted by Gasteiger charge is 2.39. The molecule has 0 unspecified atom stereocenters. The topological polar surface area (TPSA) is 91.5 Å². The normalized spacial score (nSPS) is 18.8. The highest BCUT2D eigenvalue weighted by atomic mass is 16.4. The summed E-state index contributed by atoms with van der Waals surface area (Å²) in [4.78, 5) is 13.4. The molecule has 0 radical (unpaired) electrons. The lowest BCUT2D eigenvalue weighted by Crippen LogP contribution is -2.62. The molecule has 1 saturated heterocycles. The van der Waals surface area contributed by atoms with Crippen molar-refractivity contribution in [3.63, 3.8) is 0 Å². The third kappa shape index (κ3) is 2.80. The van der Waals surface area contributed by atoms with Gasteiger partial charge in [0.25, 0.3) is 0 Å². The van der Waals surface area contributed by atoms with E-state index in [9.17, 15) is 9.90 Å². The van der Waals surface area contributed by atoms with Crippen LogP contribution in [0.1, 0.15) is 19.2 Å². The van der Waals surface area contributed by atoms with Crippen LogP contribution in [-0.4, -0.2) is 51.3 Å². The molecule has 94 valence electrons. The molecule has 2 heterocycles. The quantitative estimate of drug-likeness (QED) is 0.755. The van der Waals surface area contributed by atoms with Gasteiger partial charge in [-0.3, -0.25) is 15.0 Å². The van der Waals surface area contributed by atoms with Crippen molar-refractivity contribution in [1.29, 1.82) is 0 Å². The molecule has 1 fully saturated rings. The van der Waals surface area contributed by atoms with Gasteiger partial charge in [0, 0.05) is 20.0 Å². The Balaban J connectivity index is 1.76. The molecule has 1 aromatic rings. The number of likely N-dealkylation sites (tertiary alicyclic amines) is 1. The number of carbonyl (C=O) groups excluding carboxylic acids is 1. The molecule has 17 heavy (non-hydrogen) atoms. The zero-order valence-corrected chi connectivity index (χ0v) is 9.93. The number of amides is 1. The number of β-amino-alcohol motifs (C(OH)–C–C–N with tert-alkyl or cyclic N) is 1. The molecule has 0 saturated carbocycles. The number of anilines is 1. The van der Waals surface area contributed by atoms with Gasteiger partial charge in [-0.1, -0.05) is 12.0 Å². The minimum atomic E-state index is -0.624. The molecule has 1 amide bonds. The van der Waals surface area contributed by atoms with Crippen LogP contribution < -0.4 is 5.32 Å². The lowest BCUT2D eigenvalue weighted by Gasteiger charge is -2.45. The zero-order valence-electron chi connectivity index (χ0n) is 9.93. The average molecular weight is 240 g/mol. The molecule has 0 aromatic carbocycles. The van der Waals surface area contributed by atoms with E-state index in [1.165, 1.54) is 0 Å². The summed E-state index contributed by atoms with van der Waals surface area (Å²) in [5, 5.41) is 19.6. The lowest BCUT2D eigenvalue weighted by molar-refractivity contribution is -0.128. The molecule has 7 nitrogen and oxygen atoms in total. The molecular weight excluding hydrogens is 224 g/mol. The van der Waals surface area contributed by atoms with Gasteiger partial charge in [0.1, 0.15) is 0 Å². The Kier molecular flexibility index (Phi) is 3.12. The fraction of sp³-hybridized carbons (Fsp3) is 0.700. The summed E-state index contributed by atoms with van der Waals surface area (Å²) in [5.41, 5.74) is -0.624. The second-order valence-corrected chi connectivity index (χ2v) is 4.40. The molecule has 1 aliphatic rings. The second kappa shape index (κ2) is 4.42. The van der Waals surface area contributed by atoms with Crippen molar-refractivity contribution in [1.82, 2.24) is 15.1 Å². The van der Waals surface area contributed by atoms with Gasteiger partial charge in [-0.05, 0) is 6.42 Å². The van der Waals surface area contributed by atoms with Gasteiger partial charge in [-0.15, -0.1) is 5.10 Å². The second-order valence-electron chi connectivity index (χ2n) is 4.40. The number of carbonyl (C=O) groups is 1. The molecular formula is C10H16N4O3. The van der Waals surface area contributed by atoms with Crippen LogP contribution in [0, 0.1) is 6.92 Å². The average Bonchev–Trinajstić information content (AvgIpc) is 2.61. The molecule has 7 heteroatoms. The van der Waals surface area contributed by atoms with Crippen LogP contribution in [0.5, 0.6) is 0 Å². The van der Waals surface area contributed by atoms with Gasteiger partial charge in [0.05, 0.1) is 12.1 Å². The summed E-state index contributed by atoms with van der Waals surface area (Å²) in [6.07, 6.45) is 0.702. The van der Waals surface area contributed by atoms with E-state index in [0.29, 0.717) is 25.4 Å². The smallest absolute Gasteiger partial charge is 0.322 e. The molecule has 0 bridgehead atoms. The minimum absolute atomic E-state index is 0.110. The molecule has 0 spiro atoms. The van der Waals surface area contributed by atoms with E-state index in [1.54, 1.807) is 6.92 Å². The van der Waals surface area contributed by atoms with E-state index in [2.05, 4.69) is 15.5 Å². The first kappa shape index (κ1) is 12.0. The maximum absolute atomic E-state index is 11.6. The van der Waals surface area contributed by atoms with Gasteiger partial charge in [-0.25, -0.2) is 0 Å². The third-order valence-electron chi connectivity index (χ3n) is 2.83. The number of hydrogen-bond donors (Lipinski definition) is 2. The van der Waals surface area contributed by atoms with Gasteiger partial charge in [0.2, 0.25) is 11.8 Å². The van der Waals surface area contributed by atoms with Crippen LogP contribution >= 0.6 is 0 Å². The van der Waals surface area contributed by atoms with E-state index >= 15 is 0 Å². The van der Waals surface area contributed by atoms with Crippen molar-refractivity contribution < 1.29 is 14.3 Å². The minimum Gasteiger partial charge on any atom is -0.408 e. The predicted molar refractivity (Wildman–Crippen MR) is 59.3 cm³/mol. The monoisotopic (exact) mass is 240 g/mol. The first-order valence-corrected chi connectivity index (χ1v) is 5.55. The maximum Gasteiger partial charge on any atom is 0.322 e. The number of aromatic nitrogens is 2. The molecule has 1 aliphatic heterocycles. The van der Waals surface area contributed by atoms with E-state index in [4.69, 9.17) is 4.42 Å². The SMILES string of the molecule is CCC1(O)CN(CC(=O)Nc2nnc(C)o2)C1. The molecule has 1 aromatic heterocycles. The Bertz CT molecular complexity index is 411. The summed E-state index contributed by atoms with van der Waals surface area (Å²) in [7, 11) is 0.